The van der Waals surface area contributed by atoms with Crippen LogP contribution in [0.15, 0.2) is 48.5 Å². The van der Waals surface area contributed by atoms with Crippen LogP contribution in [0.2, 0.25) is 5.02 Å². The molecule has 5 nitrogen and oxygen atoms in total. The van der Waals surface area contributed by atoms with Crippen LogP contribution in [0.3, 0.4) is 0 Å². The molecule has 0 radical (unpaired) electrons. The number of halogens is 1. The molecule has 0 saturated heterocycles. The lowest BCUT2D eigenvalue weighted by Crippen LogP contribution is -2.40. The lowest BCUT2D eigenvalue weighted by molar-refractivity contribution is -0.123. The minimum atomic E-state index is -0.207. The molecule has 142 valence electrons. The van der Waals surface area contributed by atoms with Gasteiger partial charge in [-0.25, -0.2) is 0 Å². The Hall–Kier alpha value is -2.37. The van der Waals surface area contributed by atoms with E-state index in [1.807, 2.05) is 12.1 Å². The smallest absolute Gasteiger partial charge is 0.238 e. The first-order valence-electron chi connectivity index (χ1n) is 9.13. The Morgan fingerprint density at radius 1 is 1.07 bits per heavy atom. The molecule has 6 heteroatoms. The van der Waals surface area contributed by atoms with Gasteiger partial charge in [-0.05, 0) is 49.6 Å². The van der Waals surface area contributed by atoms with E-state index in [2.05, 4.69) is 22.8 Å². The molecule has 1 aliphatic rings. The Morgan fingerprint density at radius 2 is 1.78 bits per heavy atom. The molecule has 1 atom stereocenters. The largest absolute Gasteiger partial charge is 0.348 e. The number of rotatable bonds is 6. The van der Waals surface area contributed by atoms with Crippen LogP contribution in [-0.2, 0) is 16.0 Å². The van der Waals surface area contributed by atoms with Crippen LogP contribution < -0.4 is 10.6 Å². The number of nitrogens with one attached hydrogen (secondary N) is 2. The fourth-order valence-corrected chi connectivity index (χ4v) is 3.63. The quantitative estimate of drug-likeness (QED) is 0.801. The zero-order valence-electron chi connectivity index (χ0n) is 15.4. The fraction of sp³-hybridized carbons (Fsp3) is 0.333. The van der Waals surface area contributed by atoms with Gasteiger partial charge < -0.3 is 10.6 Å². The van der Waals surface area contributed by atoms with Crippen molar-refractivity contribution >= 4 is 29.1 Å². The highest BCUT2D eigenvalue weighted by atomic mass is 35.5. The first kappa shape index (κ1) is 19.4. The molecule has 0 heterocycles. The van der Waals surface area contributed by atoms with E-state index < -0.39 is 0 Å². The van der Waals surface area contributed by atoms with Gasteiger partial charge in [-0.2, -0.15) is 0 Å². The highest BCUT2D eigenvalue weighted by Gasteiger charge is 2.22. The van der Waals surface area contributed by atoms with E-state index in [0.29, 0.717) is 10.7 Å². The summed E-state index contributed by atoms with van der Waals surface area (Å²) in [7, 11) is 1.75. The van der Waals surface area contributed by atoms with E-state index in [4.69, 9.17) is 11.6 Å². The Bertz CT molecular complexity index is 825. The number of hydrogen-bond acceptors (Lipinski definition) is 3. The molecule has 2 aromatic rings. The normalized spacial score (nSPS) is 15.9. The van der Waals surface area contributed by atoms with Gasteiger partial charge in [0.1, 0.15) is 0 Å². The molecule has 1 unspecified atom stereocenters. The van der Waals surface area contributed by atoms with Crippen molar-refractivity contribution in [2.45, 2.75) is 25.3 Å². The monoisotopic (exact) mass is 385 g/mol. The zero-order chi connectivity index (χ0) is 19.2. The Balaban J connectivity index is 1.50. The Morgan fingerprint density at radius 3 is 2.59 bits per heavy atom. The lowest BCUT2D eigenvalue weighted by atomic mass is 9.88. The third-order valence-electron chi connectivity index (χ3n) is 4.68. The van der Waals surface area contributed by atoms with Gasteiger partial charge in [0.25, 0.3) is 0 Å². The number of amides is 2. The van der Waals surface area contributed by atoms with Crippen LogP contribution in [0.4, 0.5) is 5.69 Å². The van der Waals surface area contributed by atoms with E-state index in [0.717, 1.165) is 19.3 Å². The maximum Gasteiger partial charge on any atom is 0.238 e. The number of para-hydroxylation sites is 1. The lowest BCUT2D eigenvalue weighted by Gasteiger charge is -2.27. The highest BCUT2D eigenvalue weighted by molar-refractivity contribution is 6.33. The summed E-state index contributed by atoms with van der Waals surface area (Å²) in [6.45, 7) is 0.272. The average molecular weight is 386 g/mol. The molecule has 0 aliphatic heterocycles. The van der Waals surface area contributed by atoms with E-state index >= 15 is 0 Å². The van der Waals surface area contributed by atoms with Crippen LogP contribution in [0.25, 0.3) is 0 Å². The van der Waals surface area contributed by atoms with E-state index in [1.165, 1.54) is 11.1 Å². The summed E-state index contributed by atoms with van der Waals surface area (Å²) in [5.74, 6) is -0.286. The summed E-state index contributed by atoms with van der Waals surface area (Å²) in [6, 6.07) is 15.4. The maximum atomic E-state index is 12.4. The minimum absolute atomic E-state index is 0.0489. The van der Waals surface area contributed by atoms with Gasteiger partial charge in [0.05, 0.1) is 29.8 Å². The summed E-state index contributed by atoms with van der Waals surface area (Å²) in [5.41, 5.74) is 3.08. The van der Waals surface area contributed by atoms with Crippen LogP contribution >= 0.6 is 11.6 Å². The zero-order valence-corrected chi connectivity index (χ0v) is 16.1. The van der Waals surface area contributed by atoms with Crippen molar-refractivity contribution in [2.75, 3.05) is 25.5 Å². The van der Waals surface area contributed by atoms with E-state index in [-0.39, 0.29) is 30.9 Å². The molecule has 27 heavy (non-hydrogen) atoms. The fourth-order valence-electron chi connectivity index (χ4n) is 3.44. The molecule has 0 aromatic heterocycles. The van der Waals surface area contributed by atoms with Gasteiger partial charge in [-0.15, -0.1) is 0 Å². The second-order valence-electron chi connectivity index (χ2n) is 6.91. The number of aryl methyl sites for hydroxylation is 1. The summed E-state index contributed by atoms with van der Waals surface area (Å²) in [4.78, 5) is 26.3. The van der Waals surface area contributed by atoms with Crippen LogP contribution in [0, 0.1) is 0 Å². The number of anilines is 1. The van der Waals surface area contributed by atoms with Crippen LogP contribution in [0.1, 0.15) is 30.0 Å². The molecule has 1 aliphatic carbocycles. The van der Waals surface area contributed by atoms with Crippen molar-refractivity contribution in [3.8, 4) is 0 Å². The van der Waals surface area contributed by atoms with Gasteiger partial charge in [-0.1, -0.05) is 48.0 Å². The summed E-state index contributed by atoms with van der Waals surface area (Å²) >= 11 is 6.05. The summed E-state index contributed by atoms with van der Waals surface area (Å²) in [6.07, 6.45) is 3.07. The molecule has 2 N–H and O–H groups in total. The molecule has 2 aromatic carbocycles. The number of likely N-dealkylation sites (N-methyl/N-ethyl adjacent to an activating group) is 1. The third-order valence-corrected chi connectivity index (χ3v) is 5.01. The molecule has 0 bridgehead atoms. The number of benzene rings is 2. The minimum Gasteiger partial charge on any atom is -0.348 e. The van der Waals surface area contributed by atoms with Crippen molar-refractivity contribution in [1.82, 2.24) is 10.2 Å². The molecule has 0 saturated carbocycles. The number of nitrogens with zero attached hydrogens (tertiary/aromatic N) is 1. The first-order chi connectivity index (χ1) is 13.0. The van der Waals surface area contributed by atoms with E-state index in [9.17, 15) is 9.59 Å². The molecular formula is C21H24ClN3O2. The number of fused-ring (bicyclic) bond motifs is 1. The maximum absolute atomic E-state index is 12.4. The standard InChI is InChI=1S/C21H24ClN3O2/c1-25(14-21(27)24-19-11-5-4-10-17(19)22)13-20(26)23-18-12-6-8-15-7-2-3-9-16(15)18/h2-5,7,9-11,18H,6,8,12-14H2,1H3,(H,23,26)(H,24,27). The predicted molar refractivity (Wildman–Crippen MR) is 108 cm³/mol. The molecule has 0 spiro atoms. The Labute approximate surface area is 164 Å². The second kappa shape index (κ2) is 9.02. The first-order valence-corrected chi connectivity index (χ1v) is 9.51. The number of carbonyl (C=O) groups is 2. The van der Waals surface area contributed by atoms with Gasteiger partial charge in [0, 0.05) is 0 Å². The highest BCUT2D eigenvalue weighted by Crippen LogP contribution is 2.29. The summed E-state index contributed by atoms with van der Waals surface area (Å²) in [5, 5.41) is 6.36. The Kier molecular flexibility index (Phi) is 6.48. The average Bonchev–Trinajstić information content (AvgIpc) is 2.63. The number of hydrogen-bond donors (Lipinski definition) is 2. The van der Waals surface area contributed by atoms with Crippen molar-refractivity contribution in [2.24, 2.45) is 0 Å². The molecule has 3 rings (SSSR count). The molecule has 2 amide bonds. The van der Waals surface area contributed by atoms with Gasteiger partial charge in [-0.3, -0.25) is 14.5 Å². The van der Waals surface area contributed by atoms with Crippen molar-refractivity contribution < 1.29 is 9.59 Å². The second-order valence-corrected chi connectivity index (χ2v) is 7.32. The number of carbonyl (C=O) groups excluding carboxylic acids is 2. The SMILES string of the molecule is CN(CC(=O)Nc1ccccc1Cl)CC(=O)NC1CCCc2ccccc21. The molecular weight excluding hydrogens is 362 g/mol. The van der Waals surface area contributed by atoms with Gasteiger partial charge >= 0.3 is 0 Å². The van der Waals surface area contributed by atoms with Gasteiger partial charge in [0.15, 0.2) is 0 Å². The summed E-state index contributed by atoms with van der Waals surface area (Å²) < 4.78 is 0. The topological polar surface area (TPSA) is 61.4 Å². The van der Waals surface area contributed by atoms with Crippen molar-refractivity contribution in [3.05, 3.63) is 64.7 Å². The van der Waals surface area contributed by atoms with E-state index in [1.54, 1.807) is 36.2 Å². The predicted octanol–water partition coefficient (Wildman–Crippen LogP) is 3.40. The van der Waals surface area contributed by atoms with Crippen molar-refractivity contribution in [3.63, 3.8) is 0 Å². The van der Waals surface area contributed by atoms with Gasteiger partial charge in [0.2, 0.25) is 11.8 Å². The van der Waals surface area contributed by atoms with Crippen LogP contribution in [-0.4, -0.2) is 36.9 Å². The van der Waals surface area contributed by atoms with Crippen molar-refractivity contribution in [1.29, 1.82) is 0 Å². The third kappa shape index (κ3) is 5.31. The molecule has 0 fully saturated rings. The van der Waals surface area contributed by atoms with Crippen LogP contribution in [0.5, 0.6) is 0 Å².